The second-order valence-electron chi connectivity index (χ2n) is 4.05. The van der Waals surface area contributed by atoms with Crippen LogP contribution in [0.3, 0.4) is 0 Å². The Morgan fingerprint density at radius 1 is 1.47 bits per heavy atom. The fraction of sp³-hybridized carbons (Fsp3) is 0.636. The highest BCUT2D eigenvalue weighted by molar-refractivity contribution is 9.10. The zero-order chi connectivity index (χ0) is 10.8. The molecule has 1 aliphatic carbocycles. The summed E-state index contributed by atoms with van der Waals surface area (Å²) in [5.74, 6) is 1.65. The van der Waals surface area contributed by atoms with Crippen molar-refractivity contribution in [3.05, 3.63) is 20.6 Å². The van der Waals surface area contributed by atoms with E-state index in [4.69, 9.17) is 12.2 Å². The standard InChI is InChI=1S/C11H15BrN2S/c1-2-8-13-10(7-5-3-4-6-7)9(12)11(15)14-8/h7H,2-6H2,1H3,(H,13,14,15). The van der Waals surface area contributed by atoms with Crippen molar-refractivity contribution in [1.82, 2.24) is 9.97 Å². The predicted octanol–water partition coefficient (Wildman–Crippen LogP) is 4.12. The van der Waals surface area contributed by atoms with Gasteiger partial charge in [0.1, 0.15) is 10.5 Å². The number of nitrogens with zero attached hydrogens (tertiary/aromatic N) is 1. The Kier molecular flexibility index (Phi) is 3.57. The summed E-state index contributed by atoms with van der Waals surface area (Å²) in [7, 11) is 0. The van der Waals surface area contributed by atoms with Crippen LogP contribution in [-0.2, 0) is 6.42 Å². The number of halogens is 1. The van der Waals surface area contributed by atoms with Crippen molar-refractivity contribution < 1.29 is 0 Å². The number of aromatic amines is 1. The van der Waals surface area contributed by atoms with Crippen molar-refractivity contribution in [3.8, 4) is 0 Å². The zero-order valence-corrected chi connectivity index (χ0v) is 11.2. The second-order valence-corrected chi connectivity index (χ2v) is 5.23. The number of aromatic nitrogens is 2. The van der Waals surface area contributed by atoms with Gasteiger partial charge in [0.05, 0.1) is 4.47 Å². The van der Waals surface area contributed by atoms with Crippen LogP contribution in [0.15, 0.2) is 4.47 Å². The molecule has 0 aliphatic heterocycles. The minimum absolute atomic E-state index is 0.648. The molecule has 0 unspecified atom stereocenters. The van der Waals surface area contributed by atoms with Crippen LogP contribution in [0.4, 0.5) is 0 Å². The third kappa shape index (κ3) is 2.31. The van der Waals surface area contributed by atoms with Crippen molar-refractivity contribution in [3.63, 3.8) is 0 Å². The van der Waals surface area contributed by atoms with Crippen molar-refractivity contribution in [1.29, 1.82) is 0 Å². The van der Waals surface area contributed by atoms with Gasteiger partial charge in [-0.05, 0) is 28.8 Å². The summed E-state index contributed by atoms with van der Waals surface area (Å²) in [5, 5.41) is 0. The van der Waals surface area contributed by atoms with Crippen molar-refractivity contribution in [2.45, 2.75) is 44.9 Å². The molecule has 1 aromatic rings. The smallest absolute Gasteiger partial charge is 0.144 e. The fourth-order valence-electron chi connectivity index (χ4n) is 2.19. The minimum Gasteiger partial charge on any atom is -0.346 e. The molecule has 2 nitrogen and oxygen atoms in total. The van der Waals surface area contributed by atoms with E-state index in [9.17, 15) is 0 Å². The first-order valence-corrected chi connectivity index (χ1v) is 6.71. The summed E-state index contributed by atoms with van der Waals surface area (Å²) in [6.07, 6.45) is 6.13. The largest absolute Gasteiger partial charge is 0.346 e. The van der Waals surface area contributed by atoms with E-state index in [-0.39, 0.29) is 0 Å². The van der Waals surface area contributed by atoms with Gasteiger partial charge in [0, 0.05) is 18.0 Å². The van der Waals surface area contributed by atoms with Gasteiger partial charge in [0.25, 0.3) is 0 Å². The fourth-order valence-corrected chi connectivity index (χ4v) is 2.92. The highest BCUT2D eigenvalue weighted by Crippen LogP contribution is 2.36. The Hall–Kier alpha value is -0.220. The van der Waals surface area contributed by atoms with Crippen molar-refractivity contribution in [2.75, 3.05) is 0 Å². The Labute approximate surface area is 104 Å². The van der Waals surface area contributed by atoms with Crippen LogP contribution in [0, 0.1) is 4.64 Å². The van der Waals surface area contributed by atoms with Crippen LogP contribution < -0.4 is 0 Å². The molecule has 0 radical (unpaired) electrons. The van der Waals surface area contributed by atoms with Crippen molar-refractivity contribution >= 4 is 28.1 Å². The van der Waals surface area contributed by atoms with Crippen LogP contribution in [0.5, 0.6) is 0 Å². The molecule has 0 bridgehead atoms. The highest BCUT2D eigenvalue weighted by atomic mass is 79.9. The quantitative estimate of drug-likeness (QED) is 0.829. The highest BCUT2D eigenvalue weighted by Gasteiger charge is 2.21. The van der Waals surface area contributed by atoms with Crippen LogP contribution in [-0.4, -0.2) is 9.97 Å². The maximum atomic E-state index is 5.25. The molecule has 1 aliphatic rings. The van der Waals surface area contributed by atoms with E-state index in [0.29, 0.717) is 10.6 Å². The van der Waals surface area contributed by atoms with Crippen LogP contribution in [0.25, 0.3) is 0 Å². The number of H-pyrrole nitrogens is 1. The molecule has 1 aromatic heterocycles. The topological polar surface area (TPSA) is 28.7 Å². The van der Waals surface area contributed by atoms with Gasteiger partial charge < -0.3 is 4.98 Å². The Morgan fingerprint density at radius 3 is 2.73 bits per heavy atom. The van der Waals surface area contributed by atoms with Gasteiger partial charge in [-0.1, -0.05) is 32.0 Å². The number of rotatable bonds is 2. The SMILES string of the molecule is CCc1nc(=S)c(Br)c(C2CCCC2)[nH]1. The Balaban J connectivity index is 2.44. The first-order chi connectivity index (χ1) is 7.22. The van der Waals surface area contributed by atoms with E-state index < -0.39 is 0 Å². The average Bonchev–Trinajstić information content (AvgIpc) is 2.75. The maximum absolute atomic E-state index is 5.25. The molecule has 82 valence electrons. The monoisotopic (exact) mass is 286 g/mol. The average molecular weight is 287 g/mol. The molecular weight excluding hydrogens is 272 g/mol. The van der Waals surface area contributed by atoms with E-state index >= 15 is 0 Å². The van der Waals surface area contributed by atoms with E-state index in [1.54, 1.807) is 0 Å². The van der Waals surface area contributed by atoms with Gasteiger partial charge >= 0.3 is 0 Å². The Morgan fingerprint density at radius 2 is 2.13 bits per heavy atom. The van der Waals surface area contributed by atoms with Gasteiger partial charge in [0.2, 0.25) is 0 Å². The summed E-state index contributed by atoms with van der Waals surface area (Å²) in [6, 6.07) is 0. The molecule has 1 saturated carbocycles. The molecule has 0 aromatic carbocycles. The third-order valence-electron chi connectivity index (χ3n) is 3.04. The summed E-state index contributed by atoms with van der Waals surface area (Å²) in [5.41, 5.74) is 1.27. The van der Waals surface area contributed by atoms with Crippen LogP contribution in [0.1, 0.15) is 50.0 Å². The normalized spacial score (nSPS) is 17.2. The predicted molar refractivity (Wildman–Crippen MR) is 67.7 cm³/mol. The van der Waals surface area contributed by atoms with Gasteiger partial charge in [-0.15, -0.1) is 0 Å². The third-order valence-corrected chi connectivity index (χ3v) is 4.40. The number of hydrogen-bond donors (Lipinski definition) is 1. The molecule has 15 heavy (non-hydrogen) atoms. The molecule has 0 amide bonds. The molecule has 0 atom stereocenters. The molecule has 1 heterocycles. The van der Waals surface area contributed by atoms with E-state index in [2.05, 4.69) is 32.8 Å². The van der Waals surface area contributed by atoms with Gasteiger partial charge in [-0.25, -0.2) is 4.98 Å². The summed E-state index contributed by atoms with van der Waals surface area (Å²) >= 11 is 8.81. The number of nitrogens with one attached hydrogen (secondary N) is 1. The minimum atomic E-state index is 0.648. The lowest BCUT2D eigenvalue weighted by atomic mass is 10.0. The van der Waals surface area contributed by atoms with E-state index in [1.807, 2.05) is 0 Å². The number of aryl methyl sites for hydroxylation is 1. The molecular formula is C11H15BrN2S. The lowest BCUT2D eigenvalue weighted by molar-refractivity contribution is 0.678. The zero-order valence-electron chi connectivity index (χ0n) is 8.85. The number of hydrogen-bond acceptors (Lipinski definition) is 2. The van der Waals surface area contributed by atoms with Crippen molar-refractivity contribution in [2.24, 2.45) is 0 Å². The second kappa shape index (κ2) is 4.74. The first-order valence-electron chi connectivity index (χ1n) is 5.51. The molecule has 0 spiro atoms. The molecule has 2 rings (SSSR count). The van der Waals surface area contributed by atoms with Crippen LogP contribution >= 0.6 is 28.1 Å². The molecule has 1 N–H and O–H groups in total. The van der Waals surface area contributed by atoms with Gasteiger partial charge in [-0.2, -0.15) is 0 Å². The van der Waals surface area contributed by atoms with Crippen LogP contribution in [0.2, 0.25) is 0 Å². The maximum Gasteiger partial charge on any atom is 0.144 e. The van der Waals surface area contributed by atoms with E-state index in [0.717, 1.165) is 16.7 Å². The first kappa shape index (κ1) is 11.3. The molecule has 0 saturated heterocycles. The summed E-state index contributed by atoms with van der Waals surface area (Å²) < 4.78 is 1.70. The van der Waals surface area contributed by atoms with E-state index in [1.165, 1.54) is 31.4 Å². The lowest BCUT2D eigenvalue weighted by Crippen LogP contribution is -2.04. The molecule has 1 fully saturated rings. The van der Waals surface area contributed by atoms with Gasteiger partial charge in [-0.3, -0.25) is 0 Å². The lowest BCUT2D eigenvalue weighted by Gasteiger charge is -2.13. The van der Waals surface area contributed by atoms with Gasteiger partial charge in [0.15, 0.2) is 0 Å². The Bertz CT molecular complexity index is 408. The summed E-state index contributed by atoms with van der Waals surface area (Å²) in [4.78, 5) is 7.76. The molecule has 4 heteroatoms. The summed E-state index contributed by atoms with van der Waals surface area (Å²) in [6.45, 7) is 2.10.